The fraction of sp³-hybridized carbons (Fsp3) is 0.409. The quantitative estimate of drug-likeness (QED) is 0.462. The van der Waals surface area contributed by atoms with E-state index in [1.807, 2.05) is 0 Å². The summed E-state index contributed by atoms with van der Waals surface area (Å²) >= 11 is 5.78. The summed E-state index contributed by atoms with van der Waals surface area (Å²) < 4.78 is 116. The van der Waals surface area contributed by atoms with Gasteiger partial charge in [-0.1, -0.05) is 11.6 Å². The fourth-order valence-electron chi connectivity index (χ4n) is 3.33. The topological polar surface area (TPSA) is 122 Å². The number of alkyl halides is 3. The molecule has 2 aromatic carbocycles. The summed E-state index contributed by atoms with van der Waals surface area (Å²) in [4.78, 5) is 11.8. The highest BCUT2D eigenvalue weighted by Gasteiger charge is 2.51. The summed E-state index contributed by atoms with van der Waals surface area (Å²) in [6, 6.07) is 6.30. The van der Waals surface area contributed by atoms with E-state index in [9.17, 15) is 39.2 Å². The van der Waals surface area contributed by atoms with Crippen LogP contribution in [0.15, 0.2) is 41.3 Å². The molecule has 0 aliphatic carbocycles. The van der Waals surface area contributed by atoms with Crippen molar-refractivity contribution in [3.05, 3.63) is 47.2 Å². The normalized spacial score (nSPS) is 16.5. The molecule has 1 atom stereocenters. The fourth-order valence-corrected chi connectivity index (χ4v) is 5.54. The van der Waals surface area contributed by atoms with Gasteiger partial charge in [0.1, 0.15) is 17.7 Å². The minimum Gasteiger partial charge on any atom is -0.485 e. The van der Waals surface area contributed by atoms with Crippen molar-refractivity contribution in [1.82, 2.24) is 4.31 Å². The van der Waals surface area contributed by atoms with Crippen LogP contribution in [0.4, 0.5) is 33.7 Å². The molecule has 0 fully saturated rings. The van der Waals surface area contributed by atoms with E-state index in [-0.39, 0.29) is 23.7 Å². The molecule has 10 nitrogen and oxygen atoms in total. The van der Waals surface area contributed by atoms with E-state index in [0.29, 0.717) is 13.8 Å². The summed E-state index contributed by atoms with van der Waals surface area (Å²) in [6.45, 7) is 0.651. The number of nitrogens with zero attached hydrogens (tertiary/aromatic N) is 2. The van der Waals surface area contributed by atoms with E-state index >= 15 is 0 Å². The SMILES string of the molecule is CN(C[C@H]1CN(S(=O)(=O)c2ccc(F)c(Cl)c2)c2cc(NC(=O)OC(C)(C)C(F)(F)F)ccc2O1)S(C)(=O)=O. The molecule has 0 saturated heterocycles. The van der Waals surface area contributed by atoms with Crippen molar-refractivity contribution in [2.45, 2.75) is 36.6 Å². The maximum atomic E-state index is 13.7. The third-order valence-corrected chi connectivity index (χ3v) is 9.02. The van der Waals surface area contributed by atoms with Crippen molar-refractivity contribution in [3.63, 3.8) is 0 Å². The van der Waals surface area contributed by atoms with Crippen LogP contribution >= 0.6 is 11.6 Å². The van der Waals surface area contributed by atoms with E-state index in [1.165, 1.54) is 19.2 Å². The van der Waals surface area contributed by atoms with Gasteiger partial charge in [0.05, 0.1) is 35.0 Å². The maximum absolute atomic E-state index is 13.7. The molecule has 17 heteroatoms. The Labute approximate surface area is 227 Å². The first-order chi connectivity index (χ1) is 17.7. The highest BCUT2D eigenvalue weighted by atomic mass is 35.5. The molecule has 1 amide bonds. The van der Waals surface area contributed by atoms with Gasteiger partial charge in [-0.25, -0.2) is 30.3 Å². The van der Waals surface area contributed by atoms with Crippen molar-refractivity contribution in [2.75, 3.05) is 36.0 Å². The second-order valence-corrected chi connectivity index (χ2v) is 13.5. The molecule has 0 unspecified atom stereocenters. The van der Waals surface area contributed by atoms with Gasteiger partial charge in [-0.2, -0.15) is 13.2 Å². The number of carbonyl (C=O) groups is 1. The Morgan fingerprint density at radius 2 is 1.82 bits per heavy atom. The smallest absolute Gasteiger partial charge is 0.427 e. The number of benzene rings is 2. The molecule has 0 aromatic heterocycles. The number of hydrogen-bond acceptors (Lipinski definition) is 7. The first kappa shape index (κ1) is 30.7. The standard InChI is InChI=1S/C22H24ClF4N3O7S2/c1-21(2,22(25,26)27)37-20(31)28-13-5-8-19-18(9-13)30(12-14(36-19)11-29(3)38(4,32)33)39(34,35)15-6-7-17(24)16(23)10-15/h5-10,14H,11-12H2,1-4H3,(H,28,31)/t14-/m0/s1. The summed E-state index contributed by atoms with van der Waals surface area (Å²) in [7, 11) is -6.86. The van der Waals surface area contributed by atoms with Crippen molar-refractivity contribution in [2.24, 2.45) is 0 Å². The van der Waals surface area contributed by atoms with E-state index < -0.39 is 66.3 Å². The molecule has 1 aliphatic rings. The Balaban J connectivity index is 2.01. The second-order valence-electron chi connectivity index (χ2n) is 9.10. The van der Waals surface area contributed by atoms with Crippen LogP contribution in [0, 0.1) is 5.82 Å². The molecule has 0 saturated carbocycles. The van der Waals surface area contributed by atoms with Gasteiger partial charge in [0.25, 0.3) is 10.0 Å². The molecule has 0 radical (unpaired) electrons. The van der Waals surface area contributed by atoms with Crippen LogP contribution < -0.4 is 14.4 Å². The van der Waals surface area contributed by atoms with Crippen molar-refractivity contribution in [1.29, 1.82) is 0 Å². The lowest BCUT2D eigenvalue weighted by atomic mass is 10.1. The van der Waals surface area contributed by atoms with Gasteiger partial charge in [0.2, 0.25) is 15.6 Å². The first-order valence-corrected chi connectivity index (χ1v) is 14.7. The highest BCUT2D eigenvalue weighted by Crippen LogP contribution is 2.40. The van der Waals surface area contributed by atoms with Crippen LogP contribution in [0.25, 0.3) is 0 Å². The second kappa shape index (κ2) is 10.6. The molecular formula is C22H24ClF4N3O7S2. The minimum absolute atomic E-state index is 0.0422. The summed E-state index contributed by atoms with van der Waals surface area (Å²) in [5.74, 6) is -0.906. The largest absolute Gasteiger partial charge is 0.485 e. The Bertz CT molecular complexity index is 1480. The van der Waals surface area contributed by atoms with Gasteiger partial charge in [0.15, 0.2) is 0 Å². The van der Waals surface area contributed by atoms with Gasteiger partial charge in [-0.15, -0.1) is 0 Å². The molecule has 216 valence electrons. The molecule has 0 bridgehead atoms. The summed E-state index contributed by atoms with van der Waals surface area (Å²) in [5, 5.41) is 1.65. The molecule has 3 rings (SSSR count). The Morgan fingerprint density at radius 1 is 1.18 bits per heavy atom. The van der Waals surface area contributed by atoms with Crippen LogP contribution in [0.2, 0.25) is 5.02 Å². The lowest BCUT2D eigenvalue weighted by Crippen LogP contribution is -2.48. The van der Waals surface area contributed by atoms with Crippen molar-refractivity contribution >= 4 is 49.1 Å². The van der Waals surface area contributed by atoms with Gasteiger partial charge >= 0.3 is 12.3 Å². The number of ether oxygens (including phenoxy) is 2. The van der Waals surface area contributed by atoms with Crippen LogP contribution in [0.1, 0.15) is 13.8 Å². The average molecular weight is 618 g/mol. The van der Waals surface area contributed by atoms with E-state index in [2.05, 4.69) is 10.1 Å². The number of nitrogens with one attached hydrogen (secondary N) is 1. The molecule has 39 heavy (non-hydrogen) atoms. The number of halogens is 5. The molecular weight excluding hydrogens is 594 g/mol. The molecule has 1 heterocycles. The third kappa shape index (κ3) is 6.85. The number of hydrogen-bond donors (Lipinski definition) is 1. The van der Waals surface area contributed by atoms with Crippen LogP contribution in [0.5, 0.6) is 5.75 Å². The molecule has 1 aliphatic heterocycles. The van der Waals surface area contributed by atoms with E-state index in [0.717, 1.165) is 39.1 Å². The van der Waals surface area contributed by atoms with Gasteiger partial charge in [-0.3, -0.25) is 9.62 Å². The monoisotopic (exact) mass is 617 g/mol. The molecule has 1 N–H and O–H groups in total. The van der Waals surface area contributed by atoms with Crippen LogP contribution in [0.3, 0.4) is 0 Å². The van der Waals surface area contributed by atoms with E-state index in [1.54, 1.807) is 0 Å². The minimum atomic E-state index is -4.86. The molecule has 2 aromatic rings. The highest BCUT2D eigenvalue weighted by molar-refractivity contribution is 7.92. The van der Waals surface area contributed by atoms with Gasteiger partial charge in [-0.05, 0) is 50.2 Å². The zero-order valence-electron chi connectivity index (χ0n) is 20.9. The number of carbonyl (C=O) groups excluding carboxylic acids is 1. The molecule has 0 spiro atoms. The number of amides is 1. The van der Waals surface area contributed by atoms with Crippen LogP contribution in [-0.4, -0.2) is 71.5 Å². The Morgan fingerprint density at radius 3 is 2.38 bits per heavy atom. The lowest BCUT2D eigenvalue weighted by molar-refractivity contribution is -0.242. The zero-order chi connectivity index (χ0) is 29.6. The van der Waals surface area contributed by atoms with Crippen molar-refractivity contribution in [3.8, 4) is 5.75 Å². The van der Waals surface area contributed by atoms with Crippen molar-refractivity contribution < 1.29 is 48.7 Å². The number of anilines is 2. The van der Waals surface area contributed by atoms with Gasteiger partial charge < -0.3 is 9.47 Å². The number of fused-ring (bicyclic) bond motifs is 1. The number of sulfonamides is 2. The summed E-state index contributed by atoms with van der Waals surface area (Å²) in [5.41, 5.74) is -3.09. The summed E-state index contributed by atoms with van der Waals surface area (Å²) in [6.07, 6.45) is -6.36. The Hall–Kier alpha value is -2.82. The van der Waals surface area contributed by atoms with E-state index in [4.69, 9.17) is 16.3 Å². The first-order valence-electron chi connectivity index (χ1n) is 11.0. The number of rotatable bonds is 7. The van der Waals surface area contributed by atoms with Gasteiger partial charge in [0, 0.05) is 12.7 Å². The predicted octanol–water partition coefficient (Wildman–Crippen LogP) is 4.22. The average Bonchev–Trinajstić information content (AvgIpc) is 2.78. The lowest BCUT2D eigenvalue weighted by Gasteiger charge is -2.36. The maximum Gasteiger partial charge on any atom is 0.427 e. The van der Waals surface area contributed by atoms with Crippen LogP contribution in [-0.2, 0) is 24.8 Å². The number of likely N-dealkylation sites (N-methyl/N-ethyl adjacent to an activating group) is 1. The predicted molar refractivity (Wildman–Crippen MR) is 135 cm³/mol. The zero-order valence-corrected chi connectivity index (χ0v) is 23.3. The Kier molecular flexibility index (Phi) is 8.37. The third-order valence-electron chi connectivity index (χ3n) is 5.67.